The lowest BCUT2D eigenvalue weighted by Crippen LogP contribution is -2.08. The highest BCUT2D eigenvalue weighted by Gasteiger charge is 2.04. The third-order valence-electron chi connectivity index (χ3n) is 3.83. The maximum Gasteiger partial charge on any atom is 0.221 e. The Morgan fingerprint density at radius 1 is 1.19 bits per heavy atom. The molecule has 3 N–H and O–H groups in total. The Labute approximate surface area is 161 Å². The van der Waals surface area contributed by atoms with Crippen molar-refractivity contribution in [1.29, 1.82) is 5.41 Å². The lowest BCUT2D eigenvalue weighted by atomic mass is 10.1. The smallest absolute Gasteiger partial charge is 0.221 e. The number of rotatable bonds is 6. The second-order valence-electron chi connectivity index (χ2n) is 5.90. The molecule has 2 heterocycles. The highest BCUT2D eigenvalue weighted by Crippen LogP contribution is 2.18. The largest absolute Gasteiger partial charge is 0.386 e. The quantitative estimate of drug-likeness (QED) is 0.445. The van der Waals surface area contributed by atoms with Crippen molar-refractivity contribution in [3.8, 4) is 0 Å². The van der Waals surface area contributed by atoms with E-state index in [4.69, 9.17) is 17.0 Å². The number of carbonyl (C=O) groups excluding carboxylic acids is 1. The summed E-state index contributed by atoms with van der Waals surface area (Å²) >= 11 is 5.94. The van der Waals surface area contributed by atoms with Gasteiger partial charge in [-0.2, -0.15) is 0 Å². The van der Waals surface area contributed by atoms with E-state index < -0.39 is 0 Å². The number of hydrogen-bond acceptors (Lipinski definition) is 5. The van der Waals surface area contributed by atoms with Crippen molar-refractivity contribution in [2.75, 3.05) is 5.32 Å². The zero-order valence-corrected chi connectivity index (χ0v) is 15.4. The van der Waals surface area contributed by atoms with Gasteiger partial charge in [0.1, 0.15) is 5.15 Å². The molecule has 0 fully saturated rings. The zero-order chi connectivity index (χ0) is 19.2. The van der Waals surface area contributed by atoms with Gasteiger partial charge in [-0.15, -0.1) is 0 Å². The average molecular weight is 380 g/mol. The van der Waals surface area contributed by atoms with E-state index in [0.29, 0.717) is 22.8 Å². The van der Waals surface area contributed by atoms with E-state index in [-0.39, 0.29) is 5.91 Å². The number of hydrogen-bond donors (Lipinski definition) is 3. The number of aromatic nitrogens is 2. The highest BCUT2D eigenvalue weighted by atomic mass is 35.5. The summed E-state index contributed by atoms with van der Waals surface area (Å²) in [7, 11) is 0. The van der Waals surface area contributed by atoms with Gasteiger partial charge in [-0.05, 0) is 35.9 Å². The first-order valence-electron chi connectivity index (χ1n) is 8.28. The van der Waals surface area contributed by atoms with E-state index >= 15 is 0 Å². The van der Waals surface area contributed by atoms with Gasteiger partial charge in [-0.1, -0.05) is 23.7 Å². The molecule has 1 aromatic carbocycles. The Kier molecular flexibility index (Phi) is 5.78. The molecule has 3 aromatic rings. The van der Waals surface area contributed by atoms with Gasteiger partial charge in [0.15, 0.2) is 0 Å². The fraction of sp³-hybridized carbons (Fsp3) is 0.100. The zero-order valence-electron chi connectivity index (χ0n) is 14.7. The second-order valence-corrected chi connectivity index (χ2v) is 6.29. The summed E-state index contributed by atoms with van der Waals surface area (Å²) < 4.78 is 0. The molecular weight excluding hydrogens is 362 g/mol. The number of amides is 1. The topological polar surface area (TPSA) is 90.8 Å². The van der Waals surface area contributed by atoms with Crippen LogP contribution in [0.1, 0.15) is 18.1 Å². The molecule has 0 atom stereocenters. The van der Waals surface area contributed by atoms with Crippen LogP contribution in [-0.2, 0) is 11.3 Å². The number of allylic oxidation sites excluding steroid dienone is 1. The Morgan fingerprint density at radius 2 is 1.96 bits per heavy atom. The Morgan fingerprint density at radius 3 is 2.67 bits per heavy atom. The summed E-state index contributed by atoms with van der Waals surface area (Å²) in [6.45, 7) is 2.06. The lowest BCUT2D eigenvalue weighted by Gasteiger charge is -2.07. The van der Waals surface area contributed by atoms with Gasteiger partial charge in [0.05, 0.1) is 11.0 Å². The molecule has 0 bridgehead atoms. The molecule has 0 saturated heterocycles. The monoisotopic (exact) mass is 379 g/mol. The molecule has 3 rings (SSSR count). The van der Waals surface area contributed by atoms with Crippen LogP contribution in [0.5, 0.6) is 0 Å². The first-order chi connectivity index (χ1) is 13.0. The number of carbonyl (C=O) groups is 1. The number of fused-ring (bicyclic) bond motifs is 1. The van der Waals surface area contributed by atoms with Gasteiger partial charge in [0.25, 0.3) is 0 Å². The predicted octanol–water partition coefficient (Wildman–Crippen LogP) is 4.02. The van der Waals surface area contributed by atoms with Crippen LogP contribution >= 0.6 is 11.6 Å². The van der Waals surface area contributed by atoms with Gasteiger partial charge in [0, 0.05) is 48.9 Å². The van der Waals surface area contributed by atoms with E-state index in [1.54, 1.807) is 18.5 Å². The molecule has 0 radical (unpaired) electrons. The molecule has 1 amide bonds. The SMILES string of the molecule is CC(=O)Nc1ccc(CN/C=C(\C=N)c2cnc3ccc(Cl)nc3c2)cc1. The van der Waals surface area contributed by atoms with Crippen molar-refractivity contribution in [2.45, 2.75) is 13.5 Å². The highest BCUT2D eigenvalue weighted by molar-refractivity contribution is 6.29. The van der Waals surface area contributed by atoms with Crippen LogP contribution in [0.15, 0.2) is 54.9 Å². The summed E-state index contributed by atoms with van der Waals surface area (Å²) in [4.78, 5) is 19.7. The number of pyridine rings is 2. The van der Waals surface area contributed by atoms with Gasteiger partial charge >= 0.3 is 0 Å². The van der Waals surface area contributed by atoms with E-state index in [1.165, 1.54) is 13.1 Å². The molecule has 136 valence electrons. The van der Waals surface area contributed by atoms with Crippen molar-refractivity contribution in [3.05, 3.63) is 71.1 Å². The van der Waals surface area contributed by atoms with Crippen LogP contribution in [0, 0.1) is 5.41 Å². The Bertz CT molecular complexity index is 1010. The fourth-order valence-corrected chi connectivity index (χ4v) is 2.69. The van der Waals surface area contributed by atoms with Gasteiger partial charge in [0.2, 0.25) is 5.91 Å². The molecule has 0 unspecified atom stereocenters. The number of benzene rings is 1. The van der Waals surface area contributed by atoms with E-state index in [2.05, 4.69) is 20.6 Å². The van der Waals surface area contributed by atoms with Crippen LogP contribution in [-0.4, -0.2) is 22.1 Å². The minimum absolute atomic E-state index is 0.0980. The molecule has 27 heavy (non-hydrogen) atoms. The normalized spacial score (nSPS) is 11.3. The third kappa shape index (κ3) is 4.89. The summed E-state index contributed by atoms with van der Waals surface area (Å²) in [5.74, 6) is -0.0980. The summed E-state index contributed by atoms with van der Waals surface area (Å²) in [6.07, 6.45) is 4.74. The molecular formula is C20H18ClN5O. The first kappa shape index (κ1) is 18.5. The maximum absolute atomic E-state index is 11.0. The summed E-state index contributed by atoms with van der Waals surface area (Å²) in [5, 5.41) is 14.0. The lowest BCUT2D eigenvalue weighted by molar-refractivity contribution is -0.114. The molecule has 0 aliphatic heterocycles. The number of nitrogens with one attached hydrogen (secondary N) is 3. The van der Waals surface area contributed by atoms with E-state index in [0.717, 1.165) is 22.3 Å². The van der Waals surface area contributed by atoms with Gasteiger partial charge in [-0.25, -0.2) is 4.98 Å². The number of nitrogens with zero attached hydrogens (tertiary/aromatic N) is 2. The van der Waals surface area contributed by atoms with Crippen LogP contribution < -0.4 is 10.6 Å². The van der Waals surface area contributed by atoms with Crippen molar-refractivity contribution in [2.24, 2.45) is 0 Å². The first-order valence-corrected chi connectivity index (χ1v) is 8.66. The molecule has 7 heteroatoms. The van der Waals surface area contributed by atoms with Crippen molar-refractivity contribution >= 4 is 46.0 Å². The number of anilines is 1. The Balaban J connectivity index is 1.71. The summed E-state index contributed by atoms with van der Waals surface area (Å²) in [6, 6.07) is 12.9. The minimum Gasteiger partial charge on any atom is -0.386 e. The van der Waals surface area contributed by atoms with E-state index in [9.17, 15) is 4.79 Å². The average Bonchev–Trinajstić information content (AvgIpc) is 2.65. The van der Waals surface area contributed by atoms with Crippen LogP contribution in [0.4, 0.5) is 5.69 Å². The Hall–Kier alpha value is -3.25. The van der Waals surface area contributed by atoms with Crippen LogP contribution in [0.2, 0.25) is 5.15 Å². The molecule has 6 nitrogen and oxygen atoms in total. The van der Waals surface area contributed by atoms with Crippen molar-refractivity contribution in [3.63, 3.8) is 0 Å². The third-order valence-corrected chi connectivity index (χ3v) is 4.04. The van der Waals surface area contributed by atoms with Crippen LogP contribution in [0.3, 0.4) is 0 Å². The molecule has 0 saturated carbocycles. The summed E-state index contributed by atoms with van der Waals surface area (Å²) in [5.41, 5.74) is 4.70. The van der Waals surface area contributed by atoms with Crippen molar-refractivity contribution in [1.82, 2.24) is 15.3 Å². The second kappa shape index (κ2) is 8.42. The fourth-order valence-electron chi connectivity index (χ4n) is 2.54. The van der Waals surface area contributed by atoms with Gasteiger partial charge in [-0.3, -0.25) is 9.78 Å². The van der Waals surface area contributed by atoms with Crippen LogP contribution in [0.25, 0.3) is 16.6 Å². The molecule has 0 aliphatic rings. The molecule has 2 aromatic heterocycles. The standard InChI is InChI=1S/C20H18ClN5O/c1-13(27)25-17-4-2-14(3-5-17)10-23-11-16(9-22)15-8-19-18(24-12-15)6-7-20(21)26-19/h2-9,11-12,22-23H,10H2,1H3,(H,25,27)/b16-11+,22-9?. The predicted molar refractivity (Wildman–Crippen MR) is 109 cm³/mol. The number of halogens is 1. The molecule has 0 spiro atoms. The molecule has 0 aliphatic carbocycles. The maximum atomic E-state index is 11.0. The van der Waals surface area contributed by atoms with E-state index in [1.807, 2.05) is 36.4 Å². The van der Waals surface area contributed by atoms with Gasteiger partial charge < -0.3 is 16.0 Å². The minimum atomic E-state index is -0.0980. The van der Waals surface area contributed by atoms with Crippen molar-refractivity contribution < 1.29 is 4.79 Å².